The summed E-state index contributed by atoms with van der Waals surface area (Å²) in [5.74, 6) is 1.01. The van der Waals surface area contributed by atoms with Crippen LogP contribution >= 0.6 is 0 Å². The zero-order chi connectivity index (χ0) is 32.2. The smallest absolute Gasteiger partial charge is 0.309 e. The third kappa shape index (κ3) is 7.05. The fourth-order valence-corrected chi connectivity index (χ4v) is 7.09. The predicted octanol–water partition coefficient (Wildman–Crippen LogP) is 6.25. The maximum Gasteiger partial charge on any atom is 0.309 e. The van der Waals surface area contributed by atoms with E-state index in [9.17, 15) is 29.8 Å². The van der Waals surface area contributed by atoms with Crippen molar-refractivity contribution in [3.8, 4) is 11.5 Å². The van der Waals surface area contributed by atoms with Crippen molar-refractivity contribution in [2.45, 2.75) is 51.7 Å². The molecule has 0 aromatic heterocycles. The van der Waals surface area contributed by atoms with Crippen LogP contribution in [-0.2, 0) is 32.3 Å². The number of nitro benzene ring substituents is 2. The normalized spacial score (nSPS) is 25.0. The van der Waals surface area contributed by atoms with Gasteiger partial charge in [0.2, 0.25) is 0 Å². The average molecular weight is 633 g/mol. The SMILES string of the molecule is O=C(OCc1cc(OCCCCOc2ccc([N+](=O)[O-])c(COC(=O)[C@@H]3CC4C=CC3C4)c2)ccc1[N+](=O)[O-])[C@@H]1CC2C=CC1C2. The van der Waals surface area contributed by atoms with E-state index in [0.717, 1.165) is 25.7 Å². The number of nitrogens with zero attached hydrogens (tertiary/aromatic N) is 2. The molecular formula is C34H36N2O10. The molecule has 2 fully saturated rings. The molecule has 0 N–H and O–H groups in total. The van der Waals surface area contributed by atoms with E-state index in [1.807, 2.05) is 0 Å². The number of unbranched alkanes of at least 4 members (excludes halogenated alkanes) is 1. The minimum absolute atomic E-state index is 0.138. The molecule has 242 valence electrons. The van der Waals surface area contributed by atoms with Crippen LogP contribution in [-0.4, -0.2) is 35.0 Å². The summed E-state index contributed by atoms with van der Waals surface area (Å²) in [6.45, 7) is 0.231. The van der Waals surface area contributed by atoms with Crippen molar-refractivity contribution in [1.29, 1.82) is 0 Å². The Morgan fingerprint density at radius 1 is 0.652 bits per heavy atom. The summed E-state index contributed by atoms with van der Waals surface area (Å²) in [5, 5.41) is 23.1. The molecule has 2 aromatic rings. The highest BCUT2D eigenvalue weighted by molar-refractivity contribution is 5.74. The molecule has 0 spiro atoms. The molecule has 2 aromatic carbocycles. The number of carbonyl (C=O) groups is 2. The molecule has 0 heterocycles. The number of ether oxygens (including phenoxy) is 4. The van der Waals surface area contributed by atoms with E-state index < -0.39 is 9.85 Å². The lowest BCUT2D eigenvalue weighted by molar-refractivity contribution is -0.386. The number of carbonyl (C=O) groups excluding carboxylic acids is 2. The molecule has 0 radical (unpaired) electrons. The van der Waals surface area contributed by atoms with Crippen LogP contribution in [0, 0.1) is 55.7 Å². The average Bonchev–Trinajstić information content (AvgIpc) is 3.87. The summed E-state index contributed by atoms with van der Waals surface area (Å²) in [5.41, 5.74) is 0.261. The molecule has 0 aliphatic heterocycles. The van der Waals surface area contributed by atoms with Crippen LogP contribution in [0.4, 0.5) is 11.4 Å². The maximum absolute atomic E-state index is 12.6. The number of hydrogen-bond acceptors (Lipinski definition) is 10. The van der Waals surface area contributed by atoms with Gasteiger partial charge in [-0.15, -0.1) is 0 Å². The first-order valence-electron chi connectivity index (χ1n) is 15.8. The van der Waals surface area contributed by atoms with Crippen molar-refractivity contribution in [3.05, 3.63) is 92.1 Å². The van der Waals surface area contributed by atoms with E-state index in [-0.39, 0.29) is 71.3 Å². The molecule has 4 bridgehead atoms. The van der Waals surface area contributed by atoms with Crippen LogP contribution in [0.1, 0.15) is 49.7 Å². The maximum atomic E-state index is 12.6. The van der Waals surface area contributed by atoms with Gasteiger partial charge in [0.1, 0.15) is 24.7 Å². The van der Waals surface area contributed by atoms with Gasteiger partial charge in [0.15, 0.2) is 0 Å². The van der Waals surface area contributed by atoms with Gasteiger partial charge in [-0.3, -0.25) is 29.8 Å². The third-order valence-corrected chi connectivity index (χ3v) is 9.47. The Hall–Kier alpha value is -4.74. The summed E-state index contributed by atoms with van der Waals surface area (Å²) in [6.07, 6.45) is 13.0. The van der Waals surface area contributed by atoms with E-state index in [0.29, 0.717) is 49.4 Å². The Kier molecular flexibility index (Phi) is 9.32. The highest BCUT2D eigenvalue weighted by Gasteiger charge is 2.42. The molecule has 4 unspecified atom stereocenters. The van der Waals surface area contributed by atoms with E-state index in [4.69, 9.17) is 18.9 Å². The fourth-order valence-electron chi connectivity index (χ4n) is 7.09. The molecule has 4 aliphatic rings. The monoisotopic (exact) mass is 632 g/mol. The lowest BCUT2D eigenvalue weighted by atomic mass is 9.94. The molecule has 4 aliphatic carbocycles. The van der Waals surface area contributed by atoms with Crippen LogP contribution in [0.15, 0.2) is 60.7 Å². The summed E-state index contributed by atoms with van der Waals surface area (Å²) in [4.78, 5) is 47.3. The Morgan fingerprint density at radius 3 is 1.43 bits per heavy atom. The van der Waals surface area contributed by atoms with Gasteiger partial charge in [0.05, 0.1) is 46.0 Å². The molecule has 46 heavy (non-hydrogen) atoms. The largest absolute Gasteiger partial charge is 0.494 e. The second-order valence-corrected chi connectivity index (χ2v) is 12.5. The van der Waals surface area contributed by atoms with Gasteiger partial charge in [-0.1, -0.05) is 24.3 Å². The van der Waals surface area contributed by atoms with Crippen LogP contribution in [0.2, 0.25) is 0 Å². The van der Waals surface area contributed by atoms with Gasteiger partial charge in [0, 0.05) is 12.1 Å². The summed E-state index contributed by atoms with van der Waals surface area (Å²) < 4.78 is 22.6. The summed E-state index contributed by atoms with van der Waals surface area (Å²) in [6, 6.07) is 8.78. The second kappa shape index (κ2) is 13.7. The van der Waals surface area contributed by atoms with E-state index in [1.165, 1.54) is 36.4 Å². The number of benzene rings is 2. The van der Waals surface area contributed by atoms with Gasteiger partial charge in [0.25, 0.3) is 11.4 Å². The number of esters is 2. The quantitative estimate of drug-likeness (QED) is 0.0722. The van der Waals surface area contributed by atoms with E-state index in [2.05, 4.69) is 24.3 Å². The van der Waals surface area contributed by atoms with Crippen molar-refractivity contribution in [2.75, 3.05) is 13.2 Å². The van der Waals surface area contributed by atoms with Crippen LogP contribution in [0.25, 0.3) is 0 Å². The highest BCUT2D eigenvalue weighted by atomic mass is 16.6. The lowest BCUT2D eigenvalue weighted by Gasteiger charge is -2.17. The van der Waals surface area contributed by atoms with Gasteiger partial charge in [-0.2, -0.15) is 0 Å². The third-order valence-electron chi connectivity index (χ3n) is 9.47. The second-order valence-electron chi connectivity index (χ2n) is 12.5. The number of allylic oxidation sites excluding steroid dienone is 4. The Bertz CT molecular complexity index is 1450. The lowest BCUT2D eigenvalue weighted by Crippen LogP contribution is -2.21. The highest BCUT2D eigenvalue weighted by Crippen LogP contribution is 2.45. The van der Waals surface area contributed by atoms with Gasteiger partial charge < -0.3 is 18.9 Å². The zero-order valence-electron chi connectivity index (χ0n) is 25.3. The van der Waals surface area contributed by atoms with Gasteiger partial charge in [-0.05, 0) is 86.5 Å². The van der Waals surface area contributed by atoms with Crippen molar-refractivity contribution < 1.29 is 38.4 Å². The molecule has 12 heteroatoms. The Labute approximate surface area is 265 Å². The summed E-state index contributed by atoms with van der Waals surface area (Å²) >= 11 is 0. The first-order valence-corrected chi connectivity index (χ1v) is 15.8. The molecule has 2 saturated carbocycles. The van der Waals surface area contributed by atoms with Crippen molar-refractivity contribution in [3.63, 3.8) is 0 Å². The van der Waals surface area contributed by atoms with Crippen molar-refractivity contribution in [2.24, 2.45) is 35.5 Å². The predicted molar refractivity (Wildman–Crippen MR) is 164 cm³/mol. The molecular weight excluding hydrogens is 596 g/mol. The molecule has 6 atom stereocenters. The topological polar surface area (TPSA) is 157 Å². The number of rotatable bonds is 15. The van der Waals surface area contributed by atoms with Gasteiger partial charge in [-0.25, -0.2) is 0 Å². The van der Waals surface area contributed by atoms with Crippen LogP contribution in [0.3, 0.4) is 0 Å². The van der Waals surface area contributed by atoms with Crippen molar-refractivity contribution in [1.82, 2.24) is 0 Å². The first-order chi connectivity index (χ1) is 22.2. The minimum Gasteiger partial charge on any atom is -0.494 e. The molecule has 0 saturated heterocycles. The van der Waals surface area contributed by atoms with Crippen LogP contribution in [0.5, 0.6) is 11.5 Å². The fraction of sp³-hybridized carbons (Fsp3) is 0.471. The van der Waals surface area contributed by atoms with Gasteiger partial charge >= 0.3 is 11.9 Å². The minimum atomic E-state index is -0.505. The number of fused-ring (bicyclic) bond motifs is 4. The number of hydrogen-bond donors (Lipinski definition) is 0. The molecule has 0 amide bonds. The standard InChI is InChI=1S/C34H36N2O10/c37-33(29-15-21-3-5-23(29)13-21)45-19-25-17-27(7-9-31(25)35(39)40)43-11-1-2-12-44-28-8-10-32(36(41)42)26(18-28)20-46-34(38)30-16-22-4-6-24(30)14-22/h3-10,17-18,21-24,29-30H,1-2,11-16,19-20H2/t21?,22?,23?,24?,29-,30-/m1/s1. The summed E-state index contributed by atoms with van der Waals surface area (Å²) in [7, 11) is 0. The van der Waals surface area contributed by atoms with E-state index >= 15 is 0 Å². The van der Waals surface area contributed by atoms with Crippen LogP contribution < -0.4 is 9.47 Å². The Morgan fingerprint density at radius 2 is 1.09 bits per heavy atom. The molecule has 6 rings (SSSR count). The molecule has 12 nitrogen and oxygen atoms in total. The first kappa shape index (κ1) is 31.3. The van der Waals surface area contributed by atoms with E-state index in [1.54, 1.807) is 0 Å². The zero-order valence-corrected chi connectivity index (χ0v) is 25.3. The Balaban J connectivity index is 0.950. The van der Waals surface area contributed by atoms with Crippen molar-refractivity contribution >= 4 is 23.3 Å². The number of nitro groups is 2.